The van der Waals surface area contributed by atoms with E-state index in [0.717, 1.165) is 12.1 Å². The lowest BCUT2D eigenvalue weighted by Gasteiger charge is -2.12. The quantitative estimate of drug-likeness (QED) is 0.436. The molecule has 1 nitrogen and oxygen atoms in total. The zero-order valence-corrected chi connectivity index (χ0v) is 13.9. The van der Waals surface area contributed by atoms with E-state index in [4.69, 9.17) is 0 Å². The fourth-order valence-corrected chi connectivity index (χ4v) is 4.06. The number of hydrogen-bond donors (Lipinski definition) is 0. The van der Waals surface area contributed by atoms with Crippen LogP contribution in [0.4, 0.5) is 0 Å². The van der Waals surface area contributed by atoms with Gasteiger partial charge in [-0.05, 0) is 30.4 Å². The molecule has 0 bridgehead atoms. The van der Waals surface area contributed by atoms with Crippen LogP contribution in [0.3, 0.4) is 0 Å². The minimum atomic E-state index is 0.877. The van der Waals surface area contributed by atoms with Gasteiger partial charge in [-0.3, -0.25) is 0 Å². The Morgan fingerprint density at radius 2 is 1.61 bits per heavy atom. The Bertz CT molecular complexity index is 983. The molecule has 0 N–H and O–H groups in total. The lowest BCUT2D eigenvalue weighted by Crippen LogP contribution is -2.00. The average Bonchev–Trinajstić information content (AvgIpc) is 2.90. The summed E-state index contributed by atoms with van der Waals surface area (Å²) in [5.41, 5.74) is 5.00. The highest BCUT2D eigenvalue weighted by molar-refractivity contribution is 7.98. The summed E-state index contributed by atoms with van der Waals surface area (Å²) < 4.78 is 2.43. The summed E-state index contributed by atoms with van der Waals surface area (Å²) in [5.74, 6) is 0. The van der Waals surface area contributed by atoms with Gasteiger partial charge in [0.15, 0.2) is 0 Å². The zero-order chi connectivity index (χ0) is 15.8. The number of hydrogen-bond acceptors (Lipinski definition) is 1. The summed E-state index contributed by atoms with van der Waals surface area (Å²) >= 11 is 1.78. The van der Waals surface area contributed by atoms with E-state index in [9.17, 15) is 0 Å². The minimum Gasteiger partial charge on any atom is -0.335 e. The third-order valence-corrected chi connectivity index (χ3v) is 5.22. The third kappa shape index (κ3) is 2.34. The van der Waals surface area contributed by atoms with Crippen LogP contribution >= 0.6 is 11.8 Å². The monoisotopic (exact) mass is 316 g/mol. The van der Waals surface area contributed by atoms with Crippen LogP contribution in [0.15, 0.2) is 71.6 Å². The van der Waals surface area contributed by atoms with Gasteiger partial charge >= 0.3 is 0 Å². The molecule has 0 atom stereocenters. The molecule has 3 aromatic carbocycles. The van der Waals surface area contributed by atoms with Crippen LogP contribution in [-0.2, 0) is 6.54 Å². The Labute approximate surface area is 140 Å². The Morgan fingerprint density at radius 3 is 2.39 bits per heavy atom. The van der Waals surface area contributed by atoms with Gasteiger partial charge in [0.05, 0.1) is 5.52 Å². The van der Waals surface area contributed by atoms with E-state index < -0.39 is 0 Å². The van der Waals surface area contributed by atoms with Crippen molar-refractivity contribution >= 4 is 33.6 Å². The summed E-state index contributed by atoms with van der Waals surface area (Å²) in [7, 11) is 0. The SMILES string of the molecule is [CH2]c1ccc2c3ccccc3n(Cc3ccccc3)c2c1SC. The molecule has 23 heavy (non-hydrogen) atoms. The van der Waals surface area contributed by atoms with Crippen molar-refractivity contribution in [1.82, 2.24) is 4.57 Å². The molecule has 113 valence electrons. The zero-order valence-electron chi connectivity index (χ0n) is 13.1. The fraction of sp³-hybridized carbons (Fsp3) is 0.0952. The summed E-state index contributed by atoms with van der Waals surface area (Å²) in [5, 5.41) is 2.63. The highest BCUT2D eigenvalue weighted by Gasteiger charge is 2.15. The topological polar surface area (TPSA) is 4.93 Å². The lowest BCUT2D eigenvalue weighted by molar-refractivity contribution is 0.861. The molecule has 1 heterocycles. The first-order valence-electron chi connectivity index (χ1n) is 7.73. The summed E-state index contributed by atoms with van der Waals surface area (Å²) in [4.78, 5) is 1.27. The van der Waals surface area contributed by atoms with Crippen LogP contribution in [0.25, 0.3) is 21.8 Å². The van der Waals surface area contributed by atoms with E-state index in [1.165, 1.54) is 32.3 Å². The second kappa shape index (κ2) is 5.78. The smallest absolute Gasteiger partial charge is 0.0635 e. The molecule has 2 heteroatoms. The molecule has 1 aromatic heterocycles. The Morgan fingerprint density at radius 1 is 0.870 bits per heavy atom. The molecule has 0 aliphatic rings. The van der Waals surface area contributed by atoms with Crippen molar-refractivity contribution in [2.75, 3.05) is 6.26 Å². The summed E-state index contributed by atoms with van der Waals surface area (Å²) in [6.07, 6.45) is 2.13. The van der Waals surface area contributed by atoms with Gasteiger partial charge in [0.2, 0.25) is 0 Å². The Hall–Kier alpha value is -2.19. The van der Waals surface area contributed by atoms with Gasteiger partial charge in [-0.1, -0.05) is 60.7 Å². The Balaban J connectivity index is 2.08. The summed E-state index contributed by atoms with van der Waals surface area (Å²) in [6.45, 7) is 5.10. The predicted molar refractivity (Wildman–Crippen MR) is 101 cm³/mol. The normalized spacial score (nSPS) is 11.4. The number of benzene rings is 3. The number of thioether (sulfide) groups is 1. The van der Waals surface area contributed by atoms with Crippen LogP contribution in [0, 0.1) is 6.92 Å². The van der Waals surface area contributed by atoms with Gasteiger partial charge in [0.1, 0.15) is 0 Å². The molecule has 0 amide bonds. The number of para-hydroxylation sites is 1. The molecule has 0 saturated heterocycles. The van der Waals surface area contributed by atoms with Crippen LogP contribution in [0.5, 0.6) is 0 Å². The van der Waals surface area contributed by atoms with Crippen molar-refractivity contribution < 1.29 is 0 Å². The van der Waals surface area contributed by atoms with Gasteiger partial charge in [-0.25, -0.2) is 0 Å². The van der Waals surface area contributed by atoms with E-state index in [1.54, 1.807) is 11.8 Å². The summed E-state index contributed by atoms with van der Waals surface area (Å²) in [6, 6.07) is 23.7. The van der Waals surface area contributed by atoms with Crippen molar-refractivity contribution in [2.45, 2.75) is 11.4 Å². The molecule has 0 saturated carbocycles. The van der Waals surface area contributed by atoms with Gasteiger partial charge in [0.25, 0.3) is 0 Å². The number of nitrogens with zero attached hydrogens (tertiary/aromatic N) is 1. The van der Waals surface area contributed by atoms with Gasteiger partial charge < -0.3 is 4.57 Å². The van der Waals surface area contributed by atoms with Crippen molar-refractivity contribution in [2.24, 2.45) is 0 Å². The van der Waals surface area contributed by atoms with Crippen molar-refractivity contribution in [3.05, 3.63) is 84.8 Å². The molecule has 0 aliphatic heterocycles. The maximum Gasteiger partial charge on any atom is 0.0635 e. The highest BCUT2D eigenvalue weighted by Crippen LogP contribution is 2.37. The molecular weight excluding hydrogens is 298 g/mol. The molecule has 0 unspecified atom stereocenters. The van der Waals surface area contributed by atoms with Gasteiger partial charge in [0, 0.05) is 27.7 Å². The van der Waals surface area contributed by atoms with Crippen molar-refractivity contribution in [3.8, 4) is 0 Å². The molecule has 4 aromatic rings. The maximum absolute atomic E-state index is 4.23. The standard InChI is InChI=1S/C21H18NS/c1-15-12-13-18-17-10-6-7-11-19(17)22(20(18)21(15)23-2)14-16-8-4-3-5-9-16/h3-13H,1,14H2,2H3. The molecule has 0 spiro atoms. The lowest BCUT2D eigenvalue weighted by atomic mass is 10.1. The van der Waals surface area contributed by atoms with E-state index >= 15 is 0 Å². The van der Waals surface area contributed by atoms with Crippen LogP contribution in [0.1, 0.15) is 11.1 Å². The van der Waals surface area contributed by atoms with E-state index in [2.05, 4.69) is 84.5 Å². The van der Waals surface area contributed by atoms with Crippen molar-refractivity contribution in [1.29, 1.82) is 0 Å². The molecular formula is C21H18NS. The number of fused-ring (bicyclic) bond motifs is 3. The van der Waals surface area contributed by atoms with Crippen LogP contribution in [-0.4, -0.2) is 10.8 Å². The molecule has 1 radical (unpaired) electrons. The first-order chi connectivity index (χ1) is 11.3. The third-order valence-electron chi connectivity index (χ3n) is 4.36. The molecule has 0 fully saturated rings. The highest BCUT2D eigenvalue weighted by atomic mass is 32.2. The first kappa shape index (κ1) is 14.4. The second-order valence-corrected chi connectivity index (χ2v) is 6.56. The number of aromatic nitrogens is 1. The minimum absolute atomic E-state index is 0.877. The van der Waals surface area contributed by atoms with Gasteiger partial charge in [-0.2, -0.15) is 0 Å². The van der Waals surface area contributed by atoms with E-state index in [1.807, 2.05) is 0 Å². The molecule has 0 aliphatic carbocycles. The largest absolute Gasteiger partial charge is 0.335 e. The van der Waals surface area contributed by atoms with Gasteiger partial charge in [-0.15, -0.1) is 11.8 Å². The second-order valence-electron chi connectivity index (χ2n) is 5.74. The fourth-order valence-electron chi connectivity index (χ4n) is 3.31. The number of rotatable bonds is 3. The average molecular weight is 316 g/mol. The van der Waals surface area contributed by atoms with E-state index in [-0.39, 0.29) is 0 Å². The Kier molecular flexibility index (Phi) is 3.62. The first-order valence-corrected chi connectivity index (χ1v) is 8.96. The predicted octanol–water partition coefficient (Wildman–Crippen LogP) is 5.75. The van der Waals surface area contributed by atoms with E-state index in [0.29, 0.717) is 0 Å². The maximum atomic E-state index is 4.23. The van der Waals surface area contributed by atoms with Crippen LogP contribution in [0.2, 0.25) is 0 Å². The molecule has 4 rings (SSSR count). The van der Waals surface area contributed by atoms with Crippen LogP contribution < -0.4 is 0 Å². The van der Waals surface area contributed by atoms with Crippen molar-refractivity contribution in [3.63, 3.8) is 0 Å².